The van der Waals surface area contributed by atoms with E-state index in [0.29, 0.717) is 16.0 Å². The molecule has 0 N–H and O–H groups in total. The molecule has 1 nitrogen and oxygen atoms in total. The summed E-state index contributed by atoms with van der Waals surface area (Å²) in [5, 5.41) is 10.6. The smallest absolute Gasteiger partial charge is 0.0744 e. The molecular weight excluding hydrogens is 265 g/mol. The highest BCUT2D eigenvalue weighted by Crippen LogP contribution is 2.53. The number of hydrogen-bond donors (Lipinski definition) is 0. The Kier molecular flexibility index (Phi) is 3.26. The fraction of sp³-hybridized carbons (Fsp3) is 0.533. The Morgan fingerprint density at radius 2 is 2.00 bits per heavy atom. The van der Waals surface area contributed by atoms with Crippen LogP contribution in [0.5, 0.6) is 0 Å². The van der Waals surface area contributed by atoms with Gasteiger partial charge in [0.1, 0.15) is 0 Å². The third-order valence-corrected chi connectivity index (χ3v) is 5.40. The second kappa shape index (κ2) is 4.76. The van der Waals surface area contributed by atoms with Crippen molar-refractivity contribution in [3.05, 3.63) is 33.8 Å². The van der Waals surface area contributed by atoms with E-state index in [4.69, 9.17) is 23.2 Å². The SMILES string of the molecule is N#CC(c1ccc(Cl)c(Cl)c1)C1CC2CCC1C2. The number of fused-ring (bicyclic) bond motifs is 2. The van der Waals surface area contributed by atoms with Gasteiger partial charge in [0.15, 0.2) is 0 Å². The van der Waals surface area contributed by atoms with Gasteiger partial charge < -0.3 is 0 Å². The van der Waals surface area contributed by atoms with Crippen molar-refractivity contribution in [3.8, 4) is 6.07 Å². The van der Waals surface area contributed by atoms with Gasteiger partial charge in [-0.05, 0) is 54.7 Å². The van der Waals surface area contributed by atoms with Crippen molar-refractivity contribution in [1.82, 2.24) is 0 Å². The van der Waals surface area contributed by atoms with Gasteiger partial charge in [0, 0.05) is 0 Å². The van der Waals surface area contributed by atoms with Crippen molar-refractivity contribution in [1.29, 1.82) is 5.26 Å². The monoisotopic (exact) mass is 279 g/mol. The molecule has 2 aliphatic carbocycles. The van der Waals surface area contributed by atoms with Crippen molar-refractivity contribution in [3.63, 3.8) is 0 Å². The Morgan fingerprint density at radius 3 is 2.56 bits per heavy atom. The summed E-state index contributed by atoms with van der Waals surface area (Å²) in [6.45, 7) is 0. The van der Waals surface area contributed by atoms with Crippen LogP contribution >= 0.6 is 23.2 Å². The third-order valence-electron chi connectivity index (χ3n) is 4.66. The fourth-order valence-electron chi connectivity index (χ4n) is 3.83. The Morgan fingerprint density at radius 1 is 1.17 bits per heavy atom. The molecule has 0 spiro atoms. The zero-order chi connectivity index (χ0) is 12.7. The predicted octanol–water partition coefficient (Wildman–Crippen LogP) is 5.04. The zero-order valence-electron chi connectivity index (χ0n) is 10.1. The number of rotatable bonds is 2. The highest BCUT2D eigenvalue weighted by molar-refractivity contribution is 6.42. The van der Waals surface area contributed by atoms with Crippen LogP contribution in [0, 0.1) is 29.1 Å². The van der Waals surface area contributed by atoms with E-state index in [2.05, 4.69) is 6.07 Å². The zero-order valence-corrected chi connectivity index (χ0v) is 11.6. The summed E-state index contributed by atoms with van der Waals surface area (Å²) in [4.78, 5) is 0. The van der Waals surface area contributed by atoms with Gasteiger partial charge >= 0.3 is 0 Å². The second-order valence-corrected chi connectivity index (χ2v) is 6.43. The van der Waals surface area contributed by atoms with Crippen molar-refractivity contribution in [2.45, 2.75) is 31.6 Å². The molecule has 3 rings (SSSR count). The van der Waals surface area contributed by atoms with Crippen LogP contribution in [0.4, 0.5) is 0 Å². The number of nitriles is 1. The van der Waals surface area contributed by atoms with Gasteiger partial charge in [-0.2, -0.15) is 5.26 Å². The van der Waals surface area contributed by atoms with Crippen LogP contribution in [-0.4, -0.2) is 0 Å². The topological polar surface area (TPSA) is 23.8 Å². The van der Waals surface area contributed by atoms with Crippen LogP contribution in [0.2, 0.25) is 10.0 Å². The van der Waals surface area contributed by atoms with E-state index >= 15 is 0 Å². The molecule has 0 amide bonds. The van der Waals surface area contributed by atoms with Gasteiger partial charge in [-0.15, -0.1) is 0 Å². The minimum absolute atomic E-state index is 0.0185. The summed E-state index contributed by atoms with van der Waals surface area (Å²) in [5.41, 5.74) is 1.03. The van der Waals surface area contributed by atoms with Crippen LogP contribution in [0.1, 0.15) is 37.2 Å². The van der Waals surface area contributed by atoms with E-state index in [-0.39, 0.29) is 5.92 Å². The summed E-state index contributed by atoms with van der Waals surface area (Å²) in [6.07, 6.45) is 5.20. The lowest BCUT2D eigenvalue weighted by Crippen LogP contribution is -2.18. The number of halogens is 2. The highest BCUT2D eigenvalue weighted by atomic mass is 35.5. The van der Waals surface area contributed by atoms with E-state index in [1.54, 1.807) is 6.07 Å². The number of benzene rings is 1. The first-order chi connectivity index (χ1) is 8.69. The molecule has 94 valence electrons. The molecule has 2 saturated carbocycles. The molecule has 0 radical (unpaired) electrons. The lowest BCUT2D eigenvalue weighted by molar-refractivity contribution is 0.311. The minimum Gasteiger partial charge on any atom is -0.198 e. The normalized spacial score (nSPS) is 31.3. The van der Waals surface area contributed by atoms with Gasteiger partial charge in [-0.25, -0.2) is 0 Å². The Balaban J connectivity index is 1.88. The van der Waals surface area contributed by atoms with Gasteiger partial charge in [0.2, 0.25) is 0 Å². The first-order valence-corrected chi connectivity index (χ1v) is 7.29. The standard InChI is InChI=1S/C15H15Cl2N/c16-14-4-3-11(7-15(14)17)13(8-18)12-6-9-1-2-10(12)5-9/h3-4,7,9-10,12-13H,1-2,5-6H2. The van der Waals surface area contributed by atoms with Crippen LogP contribution in [0.3, 0.4) is 0 Å². The molecular formula is C15H15Cl2N. The molecule has 3 heteroatoms. The summed E-state index contributed by atoms with van der Waals surface area (Å²) in [7, 11) is 0. The lowest BCUT2D eigenvalue weighted by atomic mass is 9.77. The third kappa shape index (κ3) is 2.02. The lowest BCUT2D eigenvalue weighted by Gasteiger charge is -2.26. The van der Waals surface area contributed by atoms with Gasteiger partial charge in [-0.1, -0.05) is 35.7 Å². The molecule has 4 unspecified atom stereocenters. The van der Waals surface area contributed by atoms with Crippen molar-refractivity contribution >= 4 is 23.2 Å². The van der Waals surface area contributed by atoms with E-state index in [1.807, 2.05) is 12.1 Å². The Labute approximate surface area is 118 Å². The summed E-state index contributed by atoms with van der Waals surface area (Å²) in [6, 6.07) is 8.11. The Bertz CT molecular complexity index is 506. The average molecular weight is 280 g/mol. The second-order valence-electron chi connectivity index (χ2n) is 5.62. The quantitative estimate of drug-likeness (QED) is 0.744. The molecule has 18 heavy (non-hydrogen) atoms. The number of nitrogens with zero attached hydrogens (tertiary/aromatic N) is 1. The number of hydrogen-bond acceptors (Lipinski definition) is 1. The van der Waals surface area contributed by atoms with Crippen LogP contribution < -0.4 is 0 Å². The highest BCUT2D eigenvalue weighted by Gasteiger charge is 2.43. The maximum Gasteiger partial charge on any atom is 0.0744 e. The van der Waals surface area contributed by atoms with E-state index < -0.39 is 0 Å². The summed E-state index contributed by atoms with van der Waals surface area (Å²) >= 11 is 12.0. The maximum absolute atomic E-state index is 9.50. The first-order valence-electron chi connectivity index (χ1n) is 6.53. The van der Waals surface area contributed by atoms with Crippen molar-refractivity contribution in [2.75, 3.05) is 0 Å². The molecule has 1 aromatic rings. The summed E-state index contributed by atoms with van der Waals surface area (Å²) in [5.74, 6) is 2.11. The Hall–Kier alpha value is -0.710. The molecule has 4 atom stereocenters. The molecule has 0 heterocycles. The van der Waals surface area contributed by atoms with Gasteiger partial charge in [0.05, 0.1) is 22.0 Å². The minimum atomic E-state index is -0.0185. The van der Waals surface area contributed by atoms with E-state index in [1.165, 1.54) is 25.7 Å². The average Bonchev–Trinajstić information content (AvgIpc) is 2.97. The van der Waals surface area contributed by atoms with Gasteiger partial charge in [-0.3, -0.25) is 0 Å². The molecule has 2 bridgehead atoms. The van der Waals surface area contributed by atoms with Crippen molar-refractivity contribution in [2.24, 2.45) is 17.8 Å². The fourth-order valence-corrected chi connectivity index (χ4v) is 4.13. The van der Waals surface area contributed by atoms with Crippen LogP contribution in [0.15, 0.2) is 18.2 Å². The van der Waals surface area contributed by atoms with E-state index in [9.17, 15) is 5.26 Å². The van der Waals surface area contributed by atoms with Gasteiger partial charge in [0.25, 0.3) is 0 Å². The maximum atomic E-state index is 9.50. The molecule has 0 aromatic heterocycles. The molecule has 2 aliphatic rings. The van der Waals surface area contributed by atoms with E-state index in [0.717, 1.165) is 17.4 Å². The molecule has 2 fully saturated rings. The molecule has 1 aromatic carbocycles. The van der Waals surface area contributed by atoms with Crippen LogP contribution in [0.25, 0.3) is 0 Å². The molecule has 0 aliphatic heterocycles. The van der Waals surface area contributed by atoms with Crippen molar-refractivity contribution < 1.29 is 0 Å². The first kappa shape index (κ1) is 12.3. The largest absolute Gasteiger partial charge is 0.198 e. The molecule has 0 saturated heterocycles. The van der Waals surface area contributed by atoms with Crippen LogP contribution in [-0.2, 0) is 0 Å². The summed E-state index contributed by atoms with van der Waals surface area (Å²) < 4.78 is 0. The predicted molar refractivity (Wildman–Crippen MR) is 73.8 cm³/mol.